The van der Waals surface area contributed by atoms with Crippen molar-refractivity contribution in [3.05, 3.63) is 0 Å². The van der Waals surface area contributed by atoms with E-state index in [1.807, 2.05) is 0 Å². The minimum atomic E-state index is -1.67. The highest BCUT2D eigenvalue weighted by molar-refractivity contribution is 5.75. The fraction of sp³-hybridized carbons (Fsp3) is 0.941. The SMILES string of the molecule is CCCCCCCCCC(=O)N(C)C[C@H](O)[C@H](O)[C@@H](O)[C@@H](O)CO. The molecule has 0 bridgehead atoms. The van der Waals surface area contributed by atoms with Crippen molar-refractivity contribution in [2.45, 2.75) is 82.7 Å². The lowest BCUT2D eigenvalue weighted by Gasteiger charge is -2.28. The summed E-state index contributed by atoms with van der Waals surface area (Å²) in [4.78, 5) is 13.3. The summed E-state index contributed by atoms with van der Waals surface area (Å²) in [6, 6.07) is 0. The molecule has 7 nitrogen and oxygen atoms in total. The van der Waals surface area contributed by atoms with Gasteiger partial charge in [-0.3, -0.25) is 4.79 Å². The first-order valence-corrected chi connectivity index (χ1v) is 8.92. The summed E-state index contributed by atoms with van der Waals surface area (Å²) in [5.41, 5.74) is 0. The predicted molar refractivity (Wildman–Crippen MR) is 91.4 cm³/mol. The molecule has 0 aliphatic rings. The average Bonchev–Trinajstić information content (AvgIpc) is 2.58. The van der Waals surface area contributed by atoms with Gasteiger partial charge in [-0.2, -0.15) is 0 Å². The molecule has 0 spiro atoms. The van der Waals surface area contributed by atoms with Crippen LogP contribution >= 0.6 is 0 Å². The maximum atomic E-state index is 12.0. The van der Waals surface area contributed by atoms with Crippen molar-refractivity contribution in [2.24, 2.45) is 0 Å². The molecular formula is C17H35NO6. The molecule has 0 saturated carbocycles. The summed E-state index contributed by atoms with van der Waals surface area (Å²) in [6.07, 6.45) is 1.92. The highest BCUT2D eigenvalue weighted by Crippen LogP contribution is 2.10. The first kappa shape index (κ1) is 23.3. The van der Waals surface area contributed by atoms with Crippen LogP contribution in [0.15, 0.2) is 0 Å². The van der Waals surface area contributed by atoms with E-state index in [2.05, 4.69) is 6.92 Å². The number of unbranched alkanes of at least 4 members (excludes halogenated alkanes) is 6. The highest BCUT2D eigenvalue weighted by Gasteiger charge is 2.31. The van der Waals surface area contributed by atoms with Crippen molar-refractivity contribution in [2.75, 3.05) is 20.2 Å². The highest BCUT2D eigenvalue weighted by atomic mass is 16.4. The molecule has 0 rings (SSSR count). The Morgan fingerprint density at radius 1 is 0.875 bits per heavy atom. The maximum Gasteiger partial charge on any atom is 0.222 e. The molecule has 0 fully saturated rings. The van der Waals surface area contributed by atoms with E-state index in [1.54, 1.807) is 0 Å². The summed E-state index contributed by atoms with van der Waals surface area (Å²) in [5, 5.41) is 47.1. The molecule has 144 valence electrons. The van der Waals surface area contributed by atoms with Crippen molar-refractivity contribution >= 4 is 5.91 Å². The number of nitrogens with zero attached hydrogens (tertiary/aromatic N) is 1. The monoisotopic (exact) mass is 349 g/mol. The fourth-order valence-corrected chi connectivity index (χ4v) is 2.48. The number of rotatable bonds is 14. The quantitative estimate of drug-likeness (QED) is 0.282. The summed E-state index contributed by atoms with van der Waals surface area (Å²) < 4.78 is 0. The van der Waals surface area contributed by atoms with E-state index in [0.717, 1.165) is 19.3 Å². The van der Waals surface area contributed by atoms with Crippen molar-refractivity contribution in [1.29, 1.82) is 0 Å². The number of aliphatic hydroxyl groups excluding tert-OH is 5. The third kappa shape index (κ3) is 9.54. The molecule has 1 amide bonds. The molecule has 0 aromatic heterocycles. The van der Waals surface area contributed by atoms with Crippen molar-refractivity contribution in [3.8, 4) is 0 Å². The Kier molecular flexibility index (Phi) is 13.1. The number of carbonyl (C=O) groups is 1. The Bertz CT molecular complexity index is 328. The second-order valence-electron chi connectivity index (χ2n) is 6.44. The smallest absolute Gasteiger partial charge is 0.222 e. The second-order valence-corrected chi connectivity index (χ2v) is 6.44. The van der Waals surface area contributed by atoms with E-state index in [9.17, 15) is 25.2 Å². The van der Waals surface area contributed by atoms with E-state index in [4.69, 9.17) is 5.11 Å². The van der Waals surface area contributed by atoms with E-state index in [0.29, 0.717) is 6.42 Å². The molecule has 24 heavy (non-hydrogen) atoms. The van der Waals surface area contributed by atoms with E-state index in [-0.39, 0.29) is 12.5 Å². The summed E-state index contributed by atoms with van der Waals surface area (Å²) in [7, 11) is 1.52. The van der Waals surface area contributed by atoms with Gasteiger partial charge in [-0.25, -0.2) is 0 Å². The van der Waals surface area contributed by atoms with E-state index in [1.165, 1.54) is 37.6 Å². The number of carbonyl (C=O) groups excluding carboxylic acids is 1. The molecule has 0 aromatic rings. The average molecular weight is 349 g/mol. The lowest BCUT2D eigenvalue weighted by molar-refractivity contribution is -0.138. The van der Waals surface area contributed by atoms with Crippen molar-refractivity contribution < 1.29 is 30.3 Å². The zero-order valence-corrected chi connectivity index (χ0v) is 15.0. The van der Waals surface area contributed by atoms with Gasteiger partial charge in [0.25, 0.3) is 0 Å². The van der Waals surface area contributed by atoms with Gasteiger partial charge in [-0.1, -0.05) is 45.4 Å². The van der Waals surface area contributed by atoms with Crippen LogP contribution in [0.5, 0.6) is 0 Å². The van der Waals surface area contributed by atoms with Gasteiger partial charge in [-0.05, 0) is 6.42 Å². The molecule has 0 radical (unpaired) electrons. The Labute approximate surface area is 144 Å². The van der Waals surface area contributed by atoms with E-state index >= 15 is 0 Å². The van der Waals surface area contributed by atoms with Crippen LogP contribution in [0.25, 0.3) is 0 Å². The molecule has 0 aromatic carbocycles. The molecule has 5 N–H and O–H groups in total. The Hall–Kier alpha value is -0.730. The lowest BCUT2D eigenvalue weighted by Crippen LogP contribution is -2.49. The molecule has 7 heteroatoms. The topological polar surface area (TPSA) is 121 Å². The van der Waals surface area contributed by atoms with Crippen LogP contribution in [-0.2, 0) is 4.79 Å². The standard InChI is InChI=1S/C17H35NO6/c1-3-4-5-6-7-8-9-10-15(22)18(2)11-13(20)16(23)17(24)14(21)12-19/h13-14,16-17,19-21,23-24H,3-12H2,1-2H3/t13-,14-,16-,17-/m0/s1. The number of hydrogen-bond acceptors (Lipinski definition) is 6. The third-order valence-electron chi connectivity index (χ3n) is 4.21. The van der Waals surface area contributed by atoms with Crippen LogP contribution in [0.3, 0.4) is 0 Å². The zero-order chi connectivity index (χ0) is 18.5. The van der Waals surface area contributed by atoms with Gasteiger partial charge in [0.2, 0.25) is 5.91 Å². The molecule has 0 unspecified atom stereocenters. The van der Waals surface area contributed by atoms with Crippen molar-refractivity contribution in [3.63, 3.8) is 0 Å². The third-order valence-corrected chi connectivity index (χ3v) is 4.21. The second kappa shape index (κ2) is 13.5. The number of likely N-dealkylation sites (N-methyl/N-ethyl adjacent to an activating group) is 1. The molecule has 0 heterocycles. The van der Waals surface area contributed by atoms with Gasteiger partial charge in [0.15, 0.2) is 0 Å². The van der Waals surface area contributed by atoms with Gasteiger partial charge in [0.05, 0.1) is 6.61 Å². The molecule has 4 atom stereocenters. The van der Waals surface area contributed by atoms with Crippen LogP contribution in [0.2, 0.25) is 0 Å². The van der Waals surface area contributed by atoms with Crippen LogP contribution < -0.4 is 0 Å². The van der Waals surface area contributed by atoms with Gasteiger partial charge >= 0.3 is 0 Å². The van der Waals surface area contributed by atoms with Crippen LogP contribution in [0, 0.1) is 0 Å². The van der Waals surface area contributed by atoms with Crippen LogP contribution in [0.4, 0.5) is 0 Å². The molecule has 0 aliphatic heterocycles. The first-order chi connectivity index (χ1) is 11.3. The molecule has 0 aliphatic carbocycles. The summed E-state index contributed by atoms with van der Waals surface area (Å²) in [5.74, 6) is -0.132. The largest absolute Gasteiger partial charge is 0.394 e. The van der Waals surface area contributed by atoms with Crippen LogP contribution in [-0.4, -0.2) is 81.0 Å². The minimum absolute atomic E-state index is 0.132. The van der Waals surface area contributed by atoms with Crippen LogP contribution in [0.1, 0.15) is 58.3 Å². The van der Waals surface area contributed by atoms with E-state index < -0.39 is 31.0 Å². The Morgan fingerprint density at radius 2 is 1.38 bits per heavy atom. The summed E-state index contributed by atoms with van der Waals surface area (Å²) in [6.45, 7) is 1.30. The van der Waals surface area contributed by atoms with Gasteiger partial charge in [0.1, 0.15) is 24.4 Å². The predicted octanol–water partition coefficient (Wildman–Crippen LogP) is 0.0214. The summed E-state index contributed by atoms with van der Waals surface area (Å²) >= 11 is 0. The minimum Gasteiger partial charge on any atom is -0.394 e. The number of aliphatic hydroxyl groups is 5. The molecular weight excluding hydrogens is 314 g/mol. The number of hydrogen-bond donors (Lipinski definition) is 5. The van der Waals surface area contributed by atoms with Gasteiger partial charge in [-0.15, -0.1) is 0 Å². The first-order valence-electron chi connectivity index (χ1n) is 8.92. The van der Waals surface area contributed by atoms with Gasteiger partial charge < -0.3 is 30.4 Å². The maximum absolute atomic E-state index is 12.0. The molecule has 0 saturated heterocycles. The lowest BCUT2D eigenvalue weighted by atomic mass is 10.0. The van der Waals surface area contributed by atoms with Crippen molar-refractivity contribution in [1.82, 2.24) is 4.90 Å². The zero-order valence-electron chi connectivity index (χ0n) is 15.0. The Morgan fingerprint density at radius 3 is 1.92 bits per heavy atom. The fourth-order valence-electron chi connectivity index (χ4n) is 2.48. The number of amides is 1. The Balaban J connectivity index is 3.99. The van der Waals surface area contributed by atoms with Gasteiger partial charge in [0, 0.05) is 20.0 Å². The normalized spacial score (nSPS) is 16.5.